The molecule has 10 aromatic carbocycles. The smallest absolute Gasteiger partial charge is 0.00199 e. The zero-order valence-electron chi connectivity index (χ0n) is 28.3. The van der Waals surface area contributed by atoms with Crippen LogP contribution in [0.1, 0.15) is 0 Å². The third kappa shape index (κ3) is 3.81. The molecule has 0 spiro atoms. The van der Waals surface area contributed by atoms with Crippen LogP contribution in [-0.4, -0.2) is 0 Å². The van der Waals surface area contributed by atoms with Crippen LogP contribution in [0, 0.1) is 0 Å². The lowest BCUT2D eigenvalue weighted by molar-refractivity contribution is 1.56. The van der Waals surface area contributed by atoms with Gasteiger partial charge >= 0.3 is 0 Å². The predicted octanol–water partition coefficient (Wildman–Crippen LogP) is 14.6. The lowest BCUT2D eigenvalue weighted by Crippen LogP contribution is -1.89. The van der Waals surface area contributed by atoms with Gasteiger partial charge in [-0.2, -0.15) is 0 Å². The van der Waals surface area contributed by atoms with Crippen molar-refractivity contribution in [2.45, 2.75) is 0 Å². The molecule has 2 aliphatic carbocycles. The molecular formula is C52H30. The second kappa shape index (κ2) is 10.4. The van der Waals surface area contributed by atoms with Gasteiger partial charge in [0.15, 0.2) is 0 Å². The highest BCUT2D eigenvalue weighted by Gasteiger charge is 2.25. The number of benzene rings is 10. The third-order valence-electron chi connectivity index (χ3n) is 11.7. The van der Waals surface area contributed by atoms with Gasteiger partial charge in [0, 0.05) is 0 Å². The van der Waals surface area contributed by atoms with Gasteiger partial charge in [0.25, 0.3) is 0 Å². The molecule has 52 heavy (non-hydrogen) atoms. The van der Waals surface area contributed by atoms with E-state index in [1.165, 1.54) is 121 Å². The van der Waals surface area contributed by atoms with Gasteiger partial charge in [-0.25, -0.2) is 0 Å². The molecule has 12 rings (SSSR count). The van der Waals surface area contributed by atoms with Crippen molar-refractivity contribution in [3.63, 3.8) is 0 Å². The van der Waals surface area contributed by atoms with Crippen LogP contribution in [0.25, 0.3) is 121 Å². The first kappa shape index (κ1) is 28.0. The molecule has 0 saturated heterocycles. The third-order valence-corrected chi connectivity index (χ3v) is 11.7. The molecule has 0 amide bonds. The van der Waals surface area contributed by atoms with Gasteiger partial charge in [-0.3, -0.25) is 0 Å². The van der Waals surface area contributed by atoms with E-state index < -0.39 is 0 Å². The van der Waals surface area contributed by atoms with E-state index in [-0.39, 0.29) is 0 Å². The summed E-state index contributed by atoms with van der Waals surface area (Å²) in [4.78, 5) is 0. The van der Waals surface area contributed by atoms with E-state index in [9.17, 15) is 0 Å². The van der Waals surface area contributed by atoms with E-state index in [0.717, 1.165) is 0 Å². The normalized spacial score (nSPS) is 12.2. The lowest BCUT2D eigenvalue weighted by atomic mass is 9.88. The first-order valence-corrected chi connectivity index (χ1v) is 18.2. The Bertz CT molecular complexity index is 3160. The summed E-state index contributed by atoms with van der Waals surface area (Å²) in [6.07, 6.45) is 0. The van der Waals surface area contributed by atoms with Gasteiger partial charge < -0.3 is 0 Å². The number of hydrogen-bond acceptors (Lipinski definition) is 0. The van der Waals surface area contributed by atoms with Crippen molar-refractivity contribution in [2.75, 3.05) is 0 Å². The SMILES string of the molecule is c1ccc(-c2cc(-c3ccc4c(c3)-c3cccc5c3c-4cc3ccccc35)ccc2-c2ccc3c(c2)-c2cccc4c2c-3cc2ccccc24)cc1. The van der Waals surface area contributed by atoms with Gasteiger partial charge in [0.2, 0.25) is 0 Å². The molecule has 0 heterocycles. The van der Waals surface area contributed by atoms with Gasteiger partial charge in [-0.05, 0) is 151 Å². The van der Waals surface area contributed by atoms with Crippen molar-refractivity contribution < 1.29 is 0 Å². The molecule has 238 valence electrons. The Hall–Kier alpha value is -6.76. The monoisotopic (exact) mass is 654 g/mol. The van der Waals surface area contributed by atoms with E-state index in [1.807, 2.05) is 0 Å². The van der Waals surface area contributed by atoms with E-state index in [1.54, 1.807) is 0 Å². The topological polar surface area (TPSA) is 0 Å². The predicted molar refractivity (Wildman–Crippen MR) is 222 cm³/mol. The molecular weight excluding hydrogens is 625 g/mol. The van der Waals surface area contributed by atoms with E-state index in [2.05, 4.69) is 182 Å². The van der Waals surface area contributed by atoms with Crippen molar-refractivity contribution >= 4 is 43.1 Å². The fourth-order valence-corrected chi connectivity index (χ4v) is 9.38. The molecule has 0 radical (unpaired) electrons. The first-order valence-electron chi connectivity index (χ1n) is 18.2. The summed E-state index contributed by atoms with van der Waals surface area (Å²) in [5.41, 5.74) is 18.0. The first-order chi connectivity index (χ1) is 25.8. The van der Waals surface area contributed by atoms with Crippen LogP contribution in [0.15, 0.2) is 182 Å². The highest BCUT2D eigenvalue weighted by Crippen LogP contribution is 2.52. The second-order valence-electron chi connectivity index (χ2n) is 14.4. The van der Waals surface area contributed by atoms with Crippen LogP contribution in [0.5, 0.6) is 0 Å². The van der Waals surface area contributed by atoms with Crippen LogP contribution in [0.4, 0.5) is 0 Å². The van der Waals surface area contributed by atoms with Crippen LogP contribution < -0.4 is 0 Å². The van der Waals surface area contributed by atoms with Crippen LogP contribution >= 0.6 is 0 Å². The summed E-state index contributed by atoms with van der Waals surface area (Å²) in [7, 11) is 0. The second-order valence-corrected chi connectivity index (χ2v) is 14.4. The summed E-state index contributed by atoms with van der Waals surface area (Å²) in [5.74, 6) is 0. The van der Waals surface area contributed by atoms with E-state index in [4.69, 9.17) is 0 Å². The quantitative estimate of drug-likeness (QED) is 0.166. The summed E-state index contributed by atoms with van der Waals surface area (Å²) in [6, 6.07) is 68.0. The van der Waals surface area contributed by atoms with Crippen molar-refractivity contribution in [3.05, 3.63) is 182 Å². The van der Waals surface area contributed by atoms with E-state index >= 15 is 0 Å². The zero-order valence-corrected chi connectivity index (χ0v) is 28.3. The highest BCUT2D eigenvalue weighted by atomic mass is 14.3. The van der Waals surface area contributed by atoms with Crippen molar-refractivity contribution in [2.24, 2.45) is 0 Å². The maximum absolute atomic E-state index is 2.42. The molecule has 0 heteroatoms. The molecule has 0 saturated carbocycles. The Labute approximate surface area is 301 Å². The van der Waals surface area contributed by atoms with Crippen molar-refractivity contribution in [1.29, 1.82) is 0 Å². The molecule has 0 fully saturated rings. The summed E-state index contributed by atoms with van der Waals surface area (Å²) < 4.78 is 0. The average molecular weight is 655 g/mol. The minimum absolute atomic E-state index is 1.22. The largest absolute Gasteiger partial charge is 0.0622 e. The standard InChI is InChI=1S/C52H30/c1-2-10-31(11-3-1)46-26-32(33-21-24-40-47(27-33)44-18-8-16-42-37-14-6-4-12-34(37)29-49(40)51(42)44)20-23-39(46)36-22-25-41-48(28-36)45-19-9-17-43-38-15-7-5-13-35(38)30-50(41)52(43)45/h1-30H. The van der Waals surface area contributed by atoms with Gasteiger partial charge in [-0.1, -0.05) is 152 Å². The Morgan fingerprint density at radius 2 is 0.654 bits per heavy atom. The molecule has 0 unspecified atom stereocenters. The molecule has 0 nitrogen and oxygen atoms in total. The van der Waals surface area contributed by atoms with Crippen LogP contribution in [-0.2, 0) is 0 Å². The number of hydrogen-bond donors (Lipinski definition) is 0. The number of rotatable bonds is 3. The van der Waals surface area contributed by atoms with Crippen molar-refractivity contribution in [1.82, 2.24) is 0 Å². The van der Waals surface area contributed by atoms with Gasteiger partial charge in [0.05, 0.1) is 0 Å². The van der Waals surface area contributed by atoms with Gasteiger partial charge in [-0.15, -0.1) is 0 Å². The minimum atomic E-state index is 1.22. The fraction of sp³-hybridized carbons (Fsp3) is 0. The molecule has 0 atom stereocenters. The maximum Gasteiger partial charge on any atom is -0.00199 e. The summed E-state index contributed by atoms with van der Waals surface area (Å²) >= 11 is 0. The Morgan fingerprint density at radius 1 is 0.192 bits per heavy atom. The minimum Gasteiger partial charge on any atom is -0.0622 e. The molecule has 10 aromatic rings. The Kier molecular flexibility index (Phi) is 5.59. The van der Waals surface area contributed by atoms with Gasteiger partial charge in [0.1, 0.15) is 0 Å². The summed E-state index contributed by atoms with van der Waals surface area (Å²) in [6.45, 7) is 0. The molecule has 0 aromatic heterocycles. The average Bonchev–Trinajstić information content (AvgIpc) is 3.71. The van der Waals surface area contributed by atoms with E-state index in [0.29, 0.717) is 0 Å². The highest BCUT2D eigenvalue weighted by molar-refractivity contribution is 6.25. The summed E-state index contributed by atoms with van der Waals surface area (Å²) in [5, 5.41) is 10.6. The Balaban J connectivity index is 1.02. The maximum atomic E-state index is 2.42. The van der Waals surface area contributed by atoms with Crippen molar-refractivity contribution in [3.8, 4) is 77.9 Å². The Morgan fingerprint density at radius 3 is 1.25 bits per heavy atom. The zero-order chi connectivity index (χ0) is 33.9. The van der Waals surface area contributed by atoms with Crippen LogP contribution in [0.3, 0.4) is 0 Å². The molecule has 0 aliphatic heterocycles. The fourth-order valence-electron chi connectivity index (χ4n) is 9.38. The lowest BCUT2D eigenvalue weighted by Gasteiger charge is -2.15. The van der Waals surface area contributed by atoms with Crippen LogP contribution in [0.2, 0.25) is 0 Å². The number of fused-ring (bicyclic) bond motifs is 10. The molecule has 0 bridgehead atoms. The molecule has 2 aliphatic rings. The molecule has 0 N–H and O–H groups in total.